The Morgan fingerprint density at radius 3 is 1.86 bits per heavy atom. The summed E-state index contributed by atoms with van der Waals surface area (Å²) in [5.41, 5.74) is 2.40. The molecule has 0 heterocycles. The zero-order valence-electron chi connectivity index (χ0n) is 13.9. The predicted octanol–water partition coefficient (Wildman–Crippen LogP) is 6.66. The van der Waals surface area contributed by atoms with Gasteiger partial charge >= 0.3 is 0 Å². The van der Waals surface area contributed by atoms with Crippen LogP contribution in [0.15, 0.2) is 30.8 Å². The minimum atomic E-state index is 1.09. The molecule has 118 valence electrons. The van der Waals surface area contributed by atoms with E-state index in [-0.39, 0.29) is 0 Å². The standard InChI is InChI=1S/C20H33N/c1-3-5-6-7-8-9-10-11-12-13-18-21-20-16-14-19(4-2)15-17-20/h4,14-17,21H,2-3,5-13,18H2,1H3. The number of hydrogen-bond donors (Lipinski definition) is 1. The highest BCUT2D eigenvalue weighted by Gasteiger charge is 1.94. The van der Waals surface area contributed by atoms with Crippen molar-refractivity contribution in [3.8, 4) is 0 Å². The molecule has 0 saturated heterocycles. The van der Waals surface area contributed by atoms with Crippen LogP contribution in [-0.2, 0) is 0 Å². The molecular weight excluding hydrogens is 254 g/mol. The van der Waals surface area contributed by atoms with Crippen molar-refractivity contribution in [3.63, 3.8) is 0 Å². The third kappa shape index (κ3) is 9.33. The molecule has 0 aliphatic heterocycles. The lowest BCUT2D eigenvalue weighted by Crippen LogP contribution is -2.01. The smallest absolute Gasteiger partial charge is 0.0340 e. The van der Waals surface area contributed by atoms with Crippen molar-refractivity contribution in [2.24, 2.45) is 0 Å². The fourth-order valence-electron chi connectivity index (χ4n) is 2.58. The van der Waals surface area contributed by atoms with Crippen LogP contribution < -0.4 is 5.32 Å². The molecule has 0 aliphatic carbocycles. The molecule has 1 N–H and O–H groups in total. The Morgan fingerprint density at radius 2 is 1.33 bits per heavy atom. The molecule has 1 rings (SSSR count). The molecule has 1 aromatic carbocycles. The molecule has 0 aliphatic rings. The maximum atomic E-state index is 3.77. The highest BCUT2D eigenvalue weighted by Crippen LogP contribution is 2.12. The molecule has 1 heteroatoms. The first-order valence-electron chi connectivity index (χ1n) is 8.83. The molecule has 0 fully saturated rings. The van der Waals surface area contributed by atoms with E-state index in [1.807, 2.05) is 6.08 Å². The predicted molar refractivity (Wildman–Crippen MR) is 96.9 cm³/mol. The fraction of sp³-hybridized carbons (Fsp3) is 0.600. The van der Waals surface area contributed by atoms with Gasteiger partial charge in [-0.1, -0.05) is 89.5 Å². The van der Waals surface area contributed by atoms with Crippen LogP contribution >= 0.6 is 0 Å². The van der Waals surface area contributed by atoms with Crippen molar-refractivity contribution in [2.45, 2.75) is 71.1 Å². The summed E-state index contributed by atoms with van der Waals surface area (Å²) in [6.07, 6.45) is 15.8. The summed E-state index contributed by atoms with van der Waals surface area (Å²) in [6, 6.07) is 8.47. The summed E-state index contributed by atoms with van der Waals surface area (Å²) in [5.74, 6) is 0. The Bertz CT molecular complexity index is 353. The van der Waals surface area contributed by atoms with Crippen molar-refractivity contribution in [1.82, 2.24) is 0 Å². The summed E-state index contributed by atoms with van der Waals surface area (Å²) in [5, 5.41) is 3.49. The second-order valence-corrected chi connectivity index (χ2v) is 5.93. The van der Waals surface area contributed by atoms with E-state index in [9.17, 15) is 0 Å². The summed E-state index contributed by atoms with van der Waals surface area (Å²) >= 11 is 0. The Labute approximate surface area is 131 Å². The first-order chi connectivity index (χ1) is 10.4. The first kappa shape index (κ1) is 17.8. The summed E-state index contributed by atoms with van der Waals surface area (Å²) in [7, 11) is 0. The number of anilines is 1. The highest BCUT2D eigenvalue weighted by molar-refractivity contribution is 5.53. The number of nitrogens with one attached hydrogen (secondary N) is 1. The normalized spacial score (nSPS) is 10.5. The Morgan fingerprint density at radius 1 is 0.810 bits per heavy atom. The first-order valence-corrected chi connectivity index (χ1v) is 8.83. The molecular formula is C20H33N. The maximum Gasteiger partial charge on any atom is 0.0340 e. The highest BCUT2D eigenvalue weighted by atomic mass is 14.9. The molecule has 0 spiro atoms. The number of benzene rings is 1. The zero-order valence-corrected chi connectivity index (χ0v) is 13.9. The maximum absolute atomic E-state index is 3.77. The molecule has 0 radical (unpaired) electrons. The van der Waals surface area contributed by atoms with E-state index < -0.39 is 0 Å². The van der Waals surface area contributed by atoms with Gasteiger partial charge in [0.15, 0.2) is 0 Å². The van der Waals surface area contributed by atoms with E-state index in [4.69, 9.17) is 0 Å². The summed E-state index contributed by atoms with van der Waals surface area (Å²) in [4.78, 5) is 0. The van der Waals surface area contributed by atoms with Gasteiger partial charge in [0.1, 0.15) is 0 Å². The second-order valence-electron chi connectivity index (χ2n) is 5.93. The van der Waals surface area contributed by atoms with Crippen molar-refractivity contribution >= 4 is 11.8 Å². The molecule has 0 bridgehead atoms. The van der Waals surface area contributed by atoms with Gasteiger partial charge in [-0.2, -0.15) is 0 Å². The van der Waals surface area contributed by atoms with E-state index in [1.165, 1.54) is 75.5 Å². The van der Waals surface area contributed by atoms with Gasteiger partial charge in [-0.15, -0.1) is 0 Å². The average molecular weight is 287 g/mol. The van der Waals surface area contributed by atoms with Crippen LogP contribution in [0.2, 0.25) is 0 Å². The quantitative estimate of drug-likeness (QED) is 0.400. The summed E-state index contributed by atoms with van der Waals surface area (Å²) < 4.78 is 0. The van der Waals surface area contributed by atoms with Gasteiger partial charge in [-0.05, 0) is 24.1 Å². The van der Waals surface area contributed by atoms with Crippen LogP contribution in [-0.4, -0.2) is 6.54 Å². The lowest BCUT2D eigenvalue weighted by molar-refractivity contribution is 0.560. The van der Waals surface area contributed by atoms with Crippen LogP contribution in [0.25, 0.3) is 6.08 Å². The second kappa shape index (κ2) is 12.5. The molecule has 0 unspecified atom stereocenters. The fourth-order valence-corrected chi connectivity index (χ4v) is 2.58. The van der Waals surface area contributed by atoms with Gasteiger partial charge in [0.05, 0.1) is 0 Å². The van der Waals surface area contributed by atoms with Crippen LogP contribution in [0, 0.1) is 0 Å². The third-order valence-corrected chi connectivity index (χ3v) is 4.01. The van der Waals surface area contributed by atoms with E-state index in [0.717, 1.165) is 6.54 Å². The minimum absolute atomic E-state index is 1.09. The molecule has 0 amide bonds. The van der Waals surface area contributed by atoms with Gasteiger partial charge in [0.25, 0.3) is 0 Å². The Hall–Kier alpha value is -1.24. The number of hydrogen-bond acceptors (Lipinski definition) is 1. The van der Waals surface area contributed by atoms with Gasteiger partial charge in [0, 0.05) is 12.2 Å². The van der Waals surface area contributed by atoms with Crippen LogP contribution in [0.5, 0.6) is 0 Å². The minimum Gasteiger partial charge on any atom is -0.385 e. The Balaban J connectivity index is 1.89. The zero-order chi connectivity index (χ0) is 15.2. The SMILES string of the molecule is C=Cc1ccc(NCCCCCCCCCCCC)cc1. The largest absolute Gasteiger partial charge is 0.385 e. The molecule has 0 saturated carbocycles. The van der Waals surface area contributed by atoms with Crippen LogP contribution in [0.1, 0.15) is 76.7 Å². The van der Waals surface area contributed by atoms with Crippen LogP contribution in [0.3, 0.4) is 0 Å². The van der Waals surface area contributed by atoms with Gasteiger partial charge < -0.3 is 5.32 Å². The Kier molecular flexibility index (Phi) is 10.6. The van der Waals surface area contributed by atoms with Crippen molar-refractivity contribution in [1.29, 1.82) is 0 Å². The van der Waals surface area contributed by atoms with E-state index in [2.05, 4.69) is 43.1 Å². The third-order valence-electron chi connectivity index (χ3n) is 4.01. The molecule has 0 aromatic heterocycles. The van der Waals surface area contributed by atoms with E-state index >= 15 is 0 Å². The number of unbranched alkanes of at least 4 members (excludes halogenated alkanes) is 9. The van der Waals surface area contributed by atoms with Crippen molar-refractivity contribution < 1.29 is 0 Å². The van der Waals surface area contributed by atoms with E-state index in [0.29, 0.717) is 0 Å². The van der Waals surface area contributed by atoms with E-state index in [1.54, 1.807) is 0 Å². The van der Waals surface area contributed by atoms with Crippen molar-refractivity contribution in [2.75, 3.05) is 11.9 Å². The molecule has 1 nitrogen and oxygen atoms in total. The lowest BCUT2D eigenvalue weighted by atomic mass is 10.1. The molecule has 0 atom stereocenters. The van der Waals surface area contributed by atoms with Gasteiger partial charge in [-0.25, -0.2) is 0 Å². The average Bonchev–Trinajstić information content (AvgIpc) is 2.53. The molecule has 1 aromatic rings. The lowest BCUT2D eigenvalue weighted by Gasteiger charge is -2.06. The topological polar surface area (TPSA) is 12.0 Å². The van der Waals surface area contributed by atoms with Gasteiger partial charge in [0.2, 0.25) is 0 Å². The summed E-state index contributed by atoms with van der Waals surface area (Å²) in [6.45, 7) is 7.14. The van der Waals surface area contributed by atoms with Gasteiger partial charge in [-0.3, -0.25) is 0 Å². The van der Waals surface area contributed by atoms with Crippen LogP contribution in [0.4, 0.5) is 5.69 Å². The van der Waals surface area contributed by atoms with Crippen molar-refractivity contribution in [3.05, 3.63) is 36.4 Å². The number of rotatable bonds is 13. The monoisotopic (exact) mass is 287 g/mol. The molecule has 21 heavy (non-hydrogen) atoms.